The van der Waals surface area contributed by atoms with Crippen LogP contribution in [0.5, 0.6) is 0 Å². The smallest absolute Gasteiger partial charge is 0.243 e. The zero-order chi connectivity index (χ0) is 14.2. The van der Waals surface area contributed by atoms with Gasteiger partial charge in [0.05, 0.1) is 11.9 Å². The van der Waals surface area contributed by atoms with Gasteiger partial charge in [-0.25, -0.2) is 13.1 Å². The molecule has 0 radical (unpaired) electrons. The normalized spacial score (nSPS) is 12.0. The molecule has 0 saturated carbocycles. The highest BCUT2D eigenvalue weighted by molar-refractivity contribution is 7.89. The average Bonchev–Trinajstić information content (AvgIpc) is 2.84. The van der Waals surface area contributed by atoms with E-state index >= 15 is 0 Å². The Bertz CT molecular complexity index is 699. The van der Waals surface area contributed by atoms with Crippen LogP contribution in [-0.4, -0.2) is 28.0 Å². The zero-order valence-corrected chi connectivity index (χ0v) is 12.2. The Morgan fingerprint density at radius 2 is 2.00 bits per heavy atom. The van der Waals surface area contributed by atoms with Crippen LogP contribution in [0.4, 0.5) is 0 Å². The summed E-state index contributed by atoms with van der Waals surface area (Å²) < 4.78 is 29.9. The first-order chi connectivity index (χ1) is 8.81. The summed E-state index contributed by atoms with van der Waals surface area (Å²) >= 11 is 0. The molecule has 104 valence electrons. The summed E-state index contributed by atoms with van der Waals surface area (Å²) in [6.07, 6.45) is 2.79. The van der Waals surface area contributed by atoms with Crippen LogP contribution in [-0.2, 0) is 30.7 Å². The number of hydrogen-bond acceptors (Lipinski definition) is 4. The van der Waals surface area contributed by atoms with E-state index in [2.05, 4.69) is 14.9 Å². The first-order valence-corrected chi connectivity index (χ1v) is 7.27. The van der Waals surface area contributed by atoms with Crippen LogP contribution in [0, 0.1) is 13.8 Å². The summed E-state index contributed by atoms with van der Waals surface area (Å²) in [6.45, 7) is 4.00. The largest absolute Gasteiger partial charge is 0.274 e. The molecule has 0 aromatic carbocycles. The minimum absolute atomic E-state index is 0.161. The van der Waals surface area contributed by atoms with Gasteiger partial charge in [-0.15, -0.1) is 0 Å². The fraction of sp³-hybridized carbons (Fsp3) is 0.455. The number of sulfonamides is 1. The lowest BCUT2D eigenvalue weighted by Crippen LogP contribution is -2.23. The summed E-state index contributed by atoms with van der Waals surface area (Å²) in [5.74, 6) is 0. The van der Waals surface area contributed by atoms with Crippen molar-refractivity contribution in [2.75, 3.05) is 0 Å². The Balaban J connectivity index is 2.18. The molecule has 0 atom stereocenters. The lowest BCUT2D eigenvalue weighted by Gasteiger charge is -2.05. The highest BCUT2D eigenvalue weighted by Gasteiger charge is 2.18. The van der Waals surface area contributed by atoms with Gasteiger partial charge in [0.25, 0.3) is 0 Å². The summed E-state index contributed by atoms with van der Waals surface area (Å²) in [7, 11) is -0.0225. The standard InChI is InChI=1S/C11H17N5O2S/c1-8-11(9(2)16(4)14-8)6-13-19(17,18)10-5-12-15(3)7-10/h5,7,13H,6H2,1-4H3. The minimum Gasteiger partial charge on any atom is -0.274 e. The first kappa shape index (κ1) is 13.8. The number of nitrogens with zero attached hydrogens (tertiary/aromatic N) is 4. The van der Waals surface area contributed by atoms with Crippen LogP contribution in [0.3, 0.4) is 0 Å². The molecule has 2 heterocycles. The van der Waals surface area contributed by atoms with Crippen molar-refractivity contribution in [2.24, 2.45) is 14.1 Å². The van der Waals surface area contributed by atoms with Gasteiger partial charge in [0.2, 0.25) is 10.0 Å². The predicted octanol–water partition coefficient (Wildman–Crippen LogP) is 0.249. The SMILES string of the molecule is Cc1nn(C)c(C)c1CNS(=O)(=O)c1cnn(C)c1. The third kappa shape index (κ3) is 2.69. The molecule has 2 aromatic heterocycles. The van der Waals surface area contributed by atoms with E-state index in [1.54, 1.807) is 11.7 Å². The maximum absolute atomic E-state index is 12.1. The molecule has 2 rings (SSSR count). The molecule has 0 spiro atoms. The third-order valence-electron chi connectivity index (χ3n) is 3.09. The maximum atomic E-state index is 12.1. The zero-order valence-electron chi connectivity index (χ0n) is 11.4. The second-order valence-electron chi connectivity index (χ2n) is 4.45. The molecular weight excluding hydrogens is 266 g/mol. The highest BCUT2D eigenvalue weighted by Crippen LogP contribution is 2.13. The fourth-order valence-corrected chi connectivity index (χ4v) is 2.84. The molecule has 1 N–H and O–H groups in total. The average molecular weight is 283 g/mol. The van der Waals surface area contributed by atoms with Crippen LogP contribution in [0.2, 0.25) is 0 Å². The Morgan fingerprint density at radius 3 is 2.47 bits per heavy atom. The van der Waals surface area contributed by atoms with Crippen molar-refractivity contribution in [3.05, 3.63) is 29.3 Å². The molecule has 0 amide bonds. The van der Waals surface area contributed by atoms with Gasteiger partial charge in [0, 0.05) is 38.1 Å². The van der Waals surface area contributed by atoms with Crippen molar-refractivity contribution in [3.63, 3.8) is 0 Å². The van der Waals surface area contributed by atoms with Crippen molar-refractivity contribution < 1.29 is 8.42 Å². The molecule has 0 bridgehead atoms. The lowest BCUT2D eigenvalue weighted by atomic mass is 10.2. The van der Waals surface area contributed by atoms with Crippen LogP contribution in [0.25, 0.3) is 0 Å². The maximum Gasteiger partial charge on any atom is 0.243 e. The van der Waals surface area contributed by atoms with E-state index in [1.165, 1.54) is 17.1 Å². The van der Waals surface area contributed by atoms with E-state index in [1.807, 2.05) is 20.9 Å². The van der Waals surface area contributed by atoms with Crippen molar-refractivity contribution >= 4 is 10.0 Å². The van der Waals surface area contributed by atoms with Gasteiger partial charge in [-0.05, 0) is 13.8 Å². The number of nitrogens with one attached hydrogen (secondary N) is 1. The molecule has 0 aliphatic rings. The van der Waals surface area contributed by atoms with E-state index in [9.17, 15) is 8.42 Å². The van der Waals surface area contributed by atoms with Crippen LogP contribution in [0.1, 0.15) is 17.0 Å². The second kappa shape index (κ2) is 4.78. The van der Waals surface area contributed by atoms with Gasteiger partial charge in [-0.3, -0.25) is 9.36 Å². The van der Waals surface area contributed by atoms with E-state index in [0.717, 1.165) is 17.0 Å². The topological polar surface area (TPSA) is 81.8 Å². The number of aromatic nitrogens is 4. The Kier molecular flexibility index (Phi) is 3.46. The molecule has 0 unspecified atom stereocenters. The number of rotatable bonds is 4. The summed E-state index contributed by atoms with van der Waals surface area (Å²) in [5, 5.41) is 8.11. The van der Waals surface area contributed by atoms with Gasteiger partial charge in [-0.1, -0.05) is 0 Å². The molecule has 8 heteroatoms. The van der Waals surface area contributed by atoms with Crippen molar-refractivity contribution in [1.29, 1.82) is 0 Å². The van der Waals surface area contributed by atoms with Crippen molar-refractivity contribution in [3.8, 4) is 0 Å². The van der Waals surface area contributed by atoms with E-state index in [4.69, 9.17) is 0 Å². The number of aryl methyl sites for hydroxylation is 3. The molecule has 0 saturated heterocycles. The van der Waals surface area contributed by atoms with E-state index in [-0.39, 0.29) is 11.4 Å². The van der Waals surface area contributed by atoms with Gasteiger partial charge >= 0.3 is 0 Å². The van der Waals surface area contributed by atoms with Gasteiger partial charge in [-0.2, -0.15) is 10.2 Å². The lowest BCUT2D eigenvalue weighted by molar-refractivity contribution is 0.581. The molecule has 19 heavy (non-hydrogen) atoms. The van der Waals surface area contributed by atoms with Crippen molar-refractivity contribution in [2.45, 2.75) is 25.3 Å². The molecule has 7 nitrogen and oxygen atoms in total. The van der Waals surface area contributed by atoms with Crippen molar-refractivity contribution in [1.82, 2.24) is 24.3 Å². The third-order valence-corrected chi connectivity index (χ3v) is 4.45. The van der Waals surface area contributed by atoms with E-state index < -0.39 is 10.0 Å². The monoisotopic (exact) mass is 283 g/mol. The molecule has 2 aromatic rings. The minimum atomic E-state index is -3.53. The van der Waals surface area contributed by atoms with Crippen LogP contribution < -0.4 is 4.72 Å². The molecule has 0 aliphatic heterocycles. The Hall–Kier alpha value is -1.67. The Morgan fingerprint density at radius 1 is 1.32 bits per heavy atom. The summed E-state index contributed by atoms with van der Waals surface area (Å²) in [5.41, 5.74) is 2.68. The predicted molar refractivity (Wildman–Crippen MR) is 69.9 cm³/mol. The molecule has 0 aliphatic carbocycles. The molecule has 0 fully saturated rings. The second-order valence-corrected chi connectivity index (χ2v) is 6.21. The van der Waals surface area contributed by atoms with Crippen LogP contribution >= 0.6 is 0 Å². The number of hydrogen-bond donors (Lipinski definition) is 1. The molecular formula is C11H17N5O2S. The Labute approximate surface area is 112 Å². The van der Waals surface area contributed by atoms with Gasteiger partial charge in [0.1, 0.15) is 4.90 Å². The van der Waals surface area contributed by atoms with Gasteiger partial charge < -0.3 is 0 Å². The highest BCUT2D eigenvalue weighted by atomic mass is 32.2. The first-order valence-electron chi connectivity index (χ1n) is 5.78. The quantitative estimate of drug-likeness (QED) is 0.872. The van der Waals surface area contributed by atoms with E-state index in [0.29, 0.717) is 0 Å². The van der Waals surface area contributed by atoms with Crippen LogP contribution in [0.15, 0.2) is 17.3 Å². The summed E-state index contributed by atoms with van der Waals surface area (Å²) in [6, 6.07) is 0. The fourth-order valence-electron chi connectivity index (χ4n) is 1.86. The van der Waals surface area contributed by atoms with Gasteiger partial charge in [0.15, 0.2) is 0 Å². The summed E-state index contributed by atoms with van der Waals surface area (Å²) in [4.78, 5) is 0.161.